The monoisotopic (exact) mass is 427 g/mol. The van der Waals surface area contributed by atoms with E-state index in [9.17, 15) is 9.59 Å². The van der Waals surface area contributed by atoms with Crippen molar-refractivity contribution in [3.63, 3.8) is 0 Å². The Hall–Kier alpha value is -2.22. The smallest absolute Gasteiger partial charge is 0.242 e. The Balaban J connectivity index is 1.25. The van der Waals surface area contributed by atoms with E-state index in [1.807, 2.05) is 23.6 Å². The van der Waals surface area contributed by atoms with E-state index in [1.165, 1.54) is 5.56 Å². The number of hydrogen-bond acceptors (Lipinski definition) is 5. The van der Waals surface area contributed by atoms with Gasteiger partial charge in [-0.05, 0) is 29.9 Å². The number of ether oxygens (including phenoxy) is 1. The van der Waals surface area contributed by atoms with Crippen molar-refractivity contribution in [1.82, 2.24) is 15.1 Å². The van der Waals surface area contributed by atoms with Gasteiger partial charge in [0.15, 0.2) is 0 Å². The van der Waals surface area contributed by atoms with E-state index in [4.69, 9.17) is 4.74 Å². The van der Waals surface area contributed by atoms with Gasteiger partial charge in [-0.15, -0.1) is 11.3 Å². The van der Waals surface area contributed by atoms with Gasteiger partial charge in [0.1, 0.15) is 6.04 Å². The number of morpholine rings is 1. The highest BCUT2D eigenvalue weighted by molar-refractivity contribution is 7.10. The minimum atomic E-state index is -0.360. The number of amides is 2. The van der Waals surface area contributed by atoms with Crippen LogP contribution in [0.25, 0.3) is 0 Å². The van der Waals surface area contributed by atoms with E-state index in [2.05, 4.69) is 34.5 Å². The molecule has 0 radical (unpaired) electrons. The zero-order chi connectivity index (χ0) is 20.8. The SMILES string of the molecule is O=C(NC[C@H]1CN(Cc2ccccc2)CCO1)[C@H]1CCCN1C(=O)Cc1cccs1. The molecule has 2 aliphatic heterocycles. The third-order valence-electron chi connectivity index (χ3n) is 5.76. The first-order chi connectivity index (χ1) is 14.7. The van der Waals surface area contributed by atoms with Crippen LogP contribution in [0.15, 0.2) is 47.8 Å². The number of benzene rings is 1. The van der Waals surface area contributed by atoms with E-state index in [0.717, 1.165) is 37.4 Å². The van der Waals surface area contributed by atoms with Gasteiger partial charge >= 0.3 is 0 Å². The van der Waals surface area contributed by atoms with E-state index < -0.39 is 0 Å². The summed E-state index contributed by atoms with van der Waals surface area (Å²) in [6.45, 7) is 4.39. The van der Waals surface area contributed by atoms with Crippen LogP contribution in [0.3, 0.4) is 0 Å². The van der Waals surface area contributed by atoms with E-state index in [1.54, 1.807) is 16.2 Å². The quantitative estimate of drug-likeness (QED) is 0.737. The van der Waals surface area contributed by atoms with Crippen molar-refractivity contribution >= 4 is 23.2 Å². The average Bonchev–Trinajstić information content (AvgIpc) is 3.45. The molecule has 0 unspecified atom stereocenters. The second kappa shape index (κ2) is 10.2. The molecule has 7 heteroatoms. The number of carbonyl (C=O) groups excluding carboxylic acids is 2. The van der Waals surface area contributed by atoms with Gasteiger partial charge in [0.05, 0.1) is 19.1 Å². The lowest BCUT2D eigenvalue weighted by Gasteiger charge is -2.33. The highest BCUT2D eigenvalue weighted by atomic mass is 32.1. The molecule has 0 aliphatic carbocycles. The molecular weight excluding hydrogens is 398 g/mol. The normalized spacial score (nSPS) is 22.2. The first kappa shape index (κ1) is 21.0. The molecule has 3 heterocycles. The van der Waals surface area contributed by atoms with Gasteiger partial charge in [-0.3, -0.25) is 14.5 Å². The van der Waals surface area contributed by atoms with E-state index in [-0.39, 0.29) is 24.0 Å². The number of likely N-dealkylation sites (tertiary alicyclic amines) is 1. The molecule has 2 saturated heterocycles. The Morgan fingerprint density at radius 2 is 2.00 bits per heavy atom. The lowest BCUT2D eigenvalue weighted by atomic mass is 10.1. The maximum Gasteiger partial charge on any atom is 0.242 e. The summed E-state index contributed by atoms with van der Waals surface area (Å²) in [4.78, 5) is 30.6. The van der Waals surface area contributed by atoms with Crippen molar-refractivity contribution < 1.29 is 14.3 Å². The van der Waals surface area contributed by atoms with Crippen LogP contribution in [0.1, 0.15) is 23.3 Å². The highest BCUT2D eigenvalue weighted by Crippen LogP contribution is 2.20. The Labute approximate surface area is 181 Å². The zero-order valence-corrected chi connectivity index (χ0v) is 18.0. The van der Waals surface area contributed by atoms with Crippen molar-refractivity contribution in [2.24, 2.45) is 0 Å². The van der Waals surface area contributed by atoms with E-state index in [0.29, 0.717) is 26.1 Å². The third kappa shape index (κ3) is 5.47. The molecule has 0 spiro atoms. The summed E-state index contributed by atoms with van der Waals surface area (Å²) >= 11 is 1.58. The summed E-state index contributed by atoms with van der Waals surface area (Å²) < 4.78 is 5.87. The van der Waals surface area contributed by atoms with Gasteiger partial charge in [0, 0.05) is 37.6 Å². The van der Waals surface area contributed by atoms with Crippen LogP contribution in [-0.4, -0.2) is 66.5 Å². The fraction of sp³-hybridized carbons (Fsp3) is 0.478. The summed E-state index contributed by atoms with van der Waals surface area (Å²) in [7, 11) is 0. The van der Waals surface area contributed by atoms with Crippen molar-refractivity contribution in [2.75, 3.05) is 32.8 Å². The summed E-state index contributed by atoms with van der Waals surface area (Å²) in [5, 5.41) is 5.01. The van der Waals surface area contributed by atoms with Crippen molar-refractivity contribution in [1.29, 1.82) is 0 Å². The molecule has 1 aromatic heterocycles. The van der Waals surface area contributed by atoms with Gasteiger partial charge in [-0.2, -0.15) is 0 Å². The Morgan fingerprint density at radius 3 is 2.80 bits per heavy atom. The lowest BCUT2D eigenvalue weighted by molar-refractivity contribution is -0.138. The standard InChI is InChI=1S/C23H29N3O3S/c27-22(14-20-8-5-13-30-20)26-10-4-9-21(26)23(28)24-15-19-17-25(11-12-29-19)16-18-6-2-1-3-7-18/h1-3,5-8,13,19,21H,4,9-12,14-17H2,(H,24,28)/t19-,21+/m0/s1. The number of nitrogens with one attached hydrogen (secondary N) is 1. The van der Waals surface area contributed by atoms with Crippen LogP contribution in [0, 0.1) is 0 Å². The molecule has 0 saturated carbocycles. The van der Waals surface area contributed by atoms with Gasteiger partial charge in [0.25, 0.3) is 0 Å². The largest absolute Gasteiger partial charge is 0.374 e. The first-order valence-corrected chi connectivity index (χ1v) is 11.5. The molecule has 0 bridgehead atoms. The number of rotatable bonds is 7. The third-order valence-corrected chi connectivity index (χ3v) is 6.63. The highest BCUT2D eigenvalue weighted by Gasteiger charge is 2.34. The number of nitrogens with zero attached hydrogens (tertiary/aromatic N) is 2. The van der Waals surface area contributed by atoms with Crippen molar-refractivity contribution in [3.8, 4) is 0 Å². The van der Waals surface area contributed by atoms with Crippen LogP contribution in [-0.2, 0) is 27.3 Å². The molecule has 2 atom stereocenters. The molecule has 30 heavy (non-hydrogen) atoms. The topological polar surface area (TPSA) is 61.9 Å². The van der Waals surface area contributed by atoms with Crippen LogP contribution >= 0.6 is 11.3 Å². The Bertz CT molecular complexity index is 827. The predicted octanol–water partition coefficient (Wildman–Crippen LogP) is 2.30. The molecule has 2 aliphatic rings. The number of hydrogen-bond donors (Lipinski definition) is 1. The second-order valence-corrected chi connectivity index (χ2v) is 8.99. The minimum Gasteiger partial charge on any atom is -0.374 e. The number of carbonyl (C=O) groups is 2. The van der Waals surface area contributed by atoms with Gasteiger partial charge in [-0.25, -0.2) is 0 Å². The number of thiophene rings is 1. The maximum atomic E-state index is 12.8. The first-order valence-electron chi connectivity index (χ1n) is 10.7. The average molecular weight is 428 g/mol. The molecule has 2 amide bonds. The molecule has 160 valence electrons. The minimum absolute atomic E-state index is 0.0249. The van der Waals surface area contributed by atoms with Crippen LogP contribution in [0.4, 0.5) is 0 Å². The molecule has 6 nitrogen and oxygen atoms in total. The summed E-state index contributed by atoms with van der Waals surface area (Å²) in [6.07, 6.45) is 1.96. The lowest BCUT2D eigenvalue weighted by Crippen LogP contribution is -2.51. The van der Waals surface area contributed by atoms with Gasteiger partial charge in [0.2, 0.25) is 11.8 Å². The van der Waals surface area contributed by atoms with Crippen LogP contribution in [0.5, 0.6) is 0 Å². The fourth-order valence-corrected chi connectivity index (χ4v) is 4.92. The summed E-state index contributed by atoms with van der Waals surface area (Å²) in [5.74, 6) is -0.0196. The predicted molar refractivity (Wildman–Crippen MR) is 117 cm³/mol. The molecule has 2 aromatic rings. The van der Waals surface area contributed by atoms with Gasteiger partial charge < -0.3 is 15.0 Å². The van der Waals surface area contributed by atoms with Crippen LogP contribution < -0.4 is 5.32 Å². The molecule has 2 fully saturated rings. The van der Waals surface area contributed by atoms with Crippen LogP contribution in [0.2, 0.25) is 0 Å². The Kier molecular flexibility index (Phi) is 7.15. The zero-order valence-electron chi connectivity index (χ0n) is 17.2. The maximum absolute atomic E-state index is 12.8. The summed E-state index contributed by atoms with van der Waals surface area (Å²) in [6, 6.07) is 14.0. The molecule has 1 aromatic carbocycles. The summed E-state index contributed by atoms with van der Waals surface area (Å²) in [5.41, 5.74) is 1.29. The molecule has 4 rings (SSSR count). The van der Waals surface area contributed by atoms with E-state index >= 15 is 0 Å². The second-order valence-electron chi connectivity index (χ2n) is 7.96. The fourth-order valence-electron chi connectivity index (χ4n) is 4.22. The molecular formula is C23H29N3O3S. The van der Waals surface area contributed by atoms with Gasteiger partial charge in [-0.1, -0.05) is 36.4 Å². The van der Waals surface area contributed by atoms with Crippen molar-refractivity contribution in [3.05, 3.63) is 58.3 Å². The van der Waals surface area contributed by atoms with Crippen molar-refractivity contribution in [2.45, 2.75) is 38.0 Å². The molecule has 1 N–H and O–H groups in total. The Morgan fingerprint density at radius 1 is 1.13 bits per heavy atom.